The maximum absolute atomic E-state index is 11.0. The van der Waals surface area contributed by atoms with Crippen LogP contribution < -0.4 is 5.32 Å². The summed E-state index contributed by atoms with van der Waals surface area (Å²) in [6, 6.07) is 0. The molecular weight excluding hydrogens is 234 g/mol. The van der Waals surface area contributed by atoms with Crippen LogP contribution >= 0.6 is 0 Å². The van der Waals surface area contributed by atoms with Gasteiger partial charge in [0.2, 0.25) is 0 Å². The minimum absolute atomic E-state index is 0.661. The predicted octanol–water partition coefficient (Wildman–Crippen LogP) is 1.40. The van der Waals surface area contributed by atoms with E-state index in [9.17, 15) is 4.21 Å². The van der Waals surface area contributed by atoms with Gasteiger partial charge in [0.05, 0.1) is 12.0 Å². The molecule has 0 fully saturated rings. The highest BCUT2D eigenvalue weighted by Crippen LogP contribution is 2.01. The first-order chi connectivity index (χ1) is 8.09. The lowest BCUT2D eigenvalue weighted by Gasteiger charge is -2.10. The van der Waals surface area contributed by atoms with E-state index in [0.29, 0.717) is 5.92 Å². The lowest BCUT2D eigenvalue weighted by atomic mass is 10.2. The van der Waals surface area contributed by atoms with Crippen LogP contribution in [0.3, 0.4) is 0 Å². The van der Waals surface area contributed by atoms with Crippen LogP contribution in [-0.4, -0.2) is 32.3 Å². The second kappa shape index (κ2) is 7.61. The average Bonchev–Trinajstić information content (AvgIpc) is 2.65. The predicted molar refractivity (Wildman–Crippen MR) is 72.3 cm³/mol. The third-order valence-electron chi connectivity index (χ3n) is 2.49. The van der Waals surface area contributed by atoms with Crippen molar-refractivity contribution in [1.29, 1.82) is 0 Å². The Bertz CT molecular complexity index is 349. The zero-order valence-electron chi connectivity index (χ0n) is 11.0. The number of aromatic nitrogens is 2. The standard InChI is InChI=1S/C12H23N3OS/c1-11(2)7-13-8-12-9-14-10-15(12)5-4-6-17(3)16/h9-11,13H,4-8H2,1-3H3. The van der Waals surface area contributed by atoms with Crippen molar-refractivity contribution in [1.82, 2.24) is 14.9 Å². The van der Waals surface area contributed by atoms with Gasteiger partial charge in [-0.05, 0) is 18.9 Å². The Morgan fingerprint density at radius 1 is 1.53 bits per heavy atom. The van der Waals surface area contributed by atoms with Crippen molar-refractivity contribution in [2.24, 2.45) is 5.92 Å². The lowest BCUT2D eigenvalue weighted by Crippen LogP contribution is -2.21. The fourth-order valence-corrected chi connectivity index (χ4v) is 2.16. The Morgan fingerprint density at radius 2 is 2.29 bits per heavy atom. The number of hydrogen-bond donors (Lipinski definition) is 1. The Hall–Kier alpha value is -0.680. The molecule has 0 saturated heterocycles. The van der Waals surface area contributed by atoms with Crippen LogP contribution in [0.2, 0.25) is 0 Å². The number of nitrogens with one attached hydrogen (secondary N) is 1. The summed E-state index contributed by atoms with van der Waals surface area (Å²) < 4.78 is 13.1. The van der Waals surface area contributed by atoms with Gasteiger partial charge in [-0.15, -0.1) is 0 Å². The summed E-state index contributed by atoms with van der Waals surface area (Å²) >= 11 is 0. The normalized spacial score (nSPS) is 13.2. The van der Waals surface area contributed by atoms with Gasteiger partial charge in [0.1, 0.15) is 0 Å². The molecule has 0 spiro atoms. The molecule has 1 heterocycles. The average molecular weight is 257 g/mol. The zero-order chi connectivity index (χ0) is 12.7. The molecule has 17 heavy (non-hydrogen) atoms. The van der Waals surface area contributed by atoms with Crippen molar-refractivity contribution in [2.75, 3.05) is 18.6 Å². The molecule has 1 atom stereocenters. The minimum Gasteiger partial charge on any atom is -0.333 e. The molecule has 1 unspecified atom stereocenters. The van der Waals surface area contributed by atoms with E-state index in [0.717, 1.165) is 31.8 Å². The van der Waals surface area contributed by atoms with Gasteiger partial charge in [-0.25, -0.2) is 4.98 Å². The van der Waals surface area contributed by atoms with E-state index in [1.54, 1.807) is 6.26 Å². The van der Waals surface area contributed by atoms with Crippen LogP contribution in [0.4, 0.5) is 0 Å². The van der Waals surface area contributed by atoms with Crippen molar-refractivity contribution >= 4 is 10.8 Å². The molecule has 0 aliphatic rings. The molecule has 1 aromatic rings. The van der Waals surface area contributed by atoms with Crippen molar-refractivity contribution in [3.05, 3.63) is 18.2 Å². The molecule has 0 aromatic carbocycles. The van der Waals surface area contributed by atoms with Crippen LogP contribution in [0.15, 0.2) is 12.5 Å². The van der Waals surface area contributed by atoms with Gasteiger partial charge in [-0.2, -0.15) is 0 Å². The van der Waals surface area contributed by atoms with E-state index >= 15 is 0 Å². The first-order valence-electron chi connectivity index (χ1n) is 6.09. The number of rotatable bonds is 8. The Labute approximate surface area is 106 Å². The van der Waals surface area contributed by atoms with Gasteiger partial charge in [0.15, 0.2) is 0 Å². The lowest BCUT2D eigenvalue weighted by molar-refractivity contribution is 0.532. The van der Waals surface area contributed by atoms with Gasteiger partial charge in [-0.3, -0.25) is 4.21 Å². The van der Waals surface area contributed by atoms with E-state index in [1.165, 1.54) is 5.69 Å². The summed E-state index contributed by atoms with van der Waals surface area (Å²) in [5.41, 5.74) is 1.20. The quantitative estimate of drug-likeness (QED) is 0.766. The summed E-state index contributed by atoms with van der Waals surface area (Å²) in [6.07, 6.45) is 6.44. The highest BCUT2D eigenvalue weighted by Gasteiger charge is 2.02. The monoisotopic (exact) mass is 257 g/mol. The Balaban J connectivity index is 2.34. The van der Waals surface area contributed by atoms with Crippen molar-refractivity contribution in [3.63, 3.8) is 0 Å². The Morgan fingerprint density at radius 3 is 2.94 bits per heavy atom. The Kier molecular flexibility index (Phi) is 6.44. The summed E-state index contributed by atoms with van der Waals surface area (Å²) in [5.74, 6) is 1.42. The van der Waals surface area contributed by atoms with Crippen LogP contribution in [-0.2, 0) is 23.9 Å². The number of imidazole rings is 1. The highest BCUT2D eigenvalue weighted by molar-refractivity contribution is 7.84. The summed E-state index contributed by atoms with van der Waals surface area (Å²) in [7, 11) is -0.695. The van der Waals surface area contributed by atoms with Crippen molar-refractivity contribution in [3.8, 4) is 0 Å². The van der Waals surface area contributed by atoms with Gasteiger partial charge in [0.25, 0.3) is 0 Å². The number of aryl methyl sites for hydroxylation is 1. The van der Waals surface area contributed by atoms with E-state index < -0.39 is 10.8 Å². The van der Waals surface area contributed by atoms with Crippen molar-refractivity contribution in [2.45, 2.75) is 33.4 Å². The van der Waals surface area contributed by atoms with E-state index in [4.69, 9.17) is 0 Å². The van der Waals surface area contributed by atoms with Crippen LogP contribution in [0, 0.1) is 5.92 Å². The molecule has 4 nitrogen and oxygen atoms in total. The topological polar surface area (TPSA) is 46.9 Å². The first kappa shape index (κ1) is 14.4. The fraction of sp³-hybridized carbons (Fsp3) is 0.750. The SMILES string of the molecule is CC(C)CNCc1cncn1CCCS(C)=O. The summed E-state index contributed by atoms with van der Waals surface area (Å²) in [5, 5.41) is 3.41. The maximum Gasteiger partial charge on any atom is 0.0948 e. The van der Waals surface area contributed by atoms with Crippen LogP contribution in [0.1, 0.15) is 26.0 Å². The molecule has 0 aliphatic carbocycles. The molecule has 1 rings (SSSR count). The van der Waals surface area contributed by atoms with Gasteiger partial charge in [0, 0.05) is 42.1 Å². The number of nitrogens with zero attached hydrogens (tertiary/aromatic N) is 2. The molecule has 0 bridgehead atoms. The van der Waals surface area contributed by atoms with E-state index in [-0.39, 0.29) is 0 Å². The fourth-order valence-electron chi connectivity index (χ4n) is 1.62. The molecule has 1 N–H and O–H groups in total. The third kappa shape index (κ3) is 5.98. The first-order valence-corrected chi connectivity index (χ1v) is 7.82. The van der Waals surface area contributed by atoms with Gasteiger partial charge < -0.3 is 9.88 Å². The van der Waals surface area contributed by atoms with E-state index in [2.05, 4.69) is 28.7 Å². The molecule has 1 aromatic heterocycles. The smallest absolute Gasteiger partial charge is 0.0948 e. The molecule has 98 valence electrons. The van der Waals surface area contributed by atoms with Gasteiger partial charge in [-0.1, -0.05) is 13.8 Å². The second-order valence-corrected chi connectivity index (χ2v) is 6.29. The van der Waals surface area contributed by atoms with Crippen molar-refractivity contribution < 1.29 is 4.21 Å². The molecule has 0 aliphatic heterocycles. The van der Waals surface area contributed by atoms with Crippen LogP contribution in [0.25, 0.3) is 0 Å². The second-order valence-electron chi connectivity index (χ2n) is 4.73. The number of hydrogen-bond acceptors (Lipinski definition) is 3. The largest absolute Gasteiger partial charge is 0.333 e. The summed E-state index contributed by atoms with van der Waals surface area (Å²) in [4.78, 5) is 4.16. The third-order valence-corrected chi connectivity index (χ3v) is 3.35. The minimum atomic E-state index is -0.695. The molecular formula is C12H23N3OS. The maximum atomic E-state index is 11.0. The molecule has 5 heteroatoms. The van der Waals surface area contributed by atoms with Crippen LogP contribution in [0.5, 0.6) is 0 Å². The summed E-state index contributed by atoms with van der Waals surface area (Å²) in [6.45, 7) is 7.16. The molecule has 0 radical (unpaired) electrons. The zero-order valence-corrected chi connectivity index (χ0v) is 11.8. The highest BCUT2D eigenvalue weighted by atomic mass is 32.2. The van der Waals surface area contributed by atoms with Gasteiger partial charge >= 0.3 is 0 Å². The van der Waals surface area contributed by atoms with E-state index in [1.807, 2.05) is 12.5 Å². The molecule has 0 amide bonds. The molecule has 0 saturated carbocycles.